The third-order valence-corrected chi connectivity index (χ3v) is 4.44. The SMILES string of the molecule is CC(O)CN1CCC(c2ccc(Oc3ccccc3)cc2)CC1. The highest BCUT2D eigenvalue weighted by Crippen LogP contribution is 2.30. The summed E-state index contributed by atoms with van der Waals surface area (Å²) in [4.78, 5) is 2.36. The standard InChI is InChI=1S/C20H25NO2/c1-16(22)15-21-13-11-18(12-14-21)17-7-9-20(10-8-17)23-19-5-3-2-4-6-19/h2-10,16,18,22H,11-15H2,1H3. The van der Waals surface area contributed by atoms with Crippen LogP contribution in [0, 0.1) is 0 Å². The Morgan fingerprint density at radius 2 is 1.61 bits per heavy atom. The van der Waals surface area contributed by atoms with Crippen LogP contribution in [-0.2, 0) is 0 Å². The van der Waals surface area contributed by atoms with Crippen molar-refractivity contribution in [3.05, 3.63) is 60.2 Å². The lowest BCUT2D eigenvalue weighted by Crippen LogP contribution is -2.37. The number of benzene rings is 2. The van der Waals surface area contributed by atoms with Crippen LogP contribution in [0.15, 0.2) is 54.6 Å². The summed E-state index contributed by atoms with van der Waals surface area (Å²) in [6.07, 6.45) is 2.08. The van der Waals surface area contributed by atoms with Crippen LogP contribution >= 0.6 is 0 Å². The average Bonchev–Trinajstić information content (AvgIpc) is 2.57. The summed E-state index contributed by atoms with van der Waals surface area (Å²) in [6.45, 7) is 4.78. The van der Waals surface area contributed by atoms with Crippen molar-refractivity contribution in [2.45, 2.75) is 31.8 Å². The number of hydrogen-bond donors (Lipinski definition) is 1. The van der Waals surface area contributed by atoms with Crippen molar-refractivity contribution >= 4 is 0 Å². The Kier molecular flexibility index (Phi) is 5.31. The van der Waals surface area contributed by atoms with Crippen LogP contribution in [0.5, 0.6) is 11.5 Å². The molecule has 1 unspecified atom stereocenters. The first kappa shape index (κ1) is 16.0. The largest absolute Gasteiger partial charge is 0.457 e. The minimum absolute atomic E-state index is 0.235. The first-order chi connectivity index (χ1) is 11.2. The Morgan fingerprint density at radius 3 is 2.22 bits per heavy atom. The quantitative estimate of drug-likeness (QED) is 0.904. The van der Waals surface area contributed by atoms with Crippen LogP contribution in [0.4, 0.5) is 0 Å². The summed E-state index contributed by atoms with van der Waals surface area (Å²) in [5.41, 5.74) is 1.39. The van der Waals surface area contributed by atoms with Gasteiger partial charge in [-0.15, -0.1) is 0 Å². The van der Waals surface area contributed by atoms with Gasteiger partial charge in [-0.2, -0.15) is 0 Å². The summed E-state index contributed by atoms with van der Waals surface area (Å²) in [5, 5.41) is 9.48. The smallest absolute Gasteiger partial charge is 0.127 e. The molecular formula is C20H25NO2. The van der Waals surface area contributed by atoms with Gasteiger partial charge in [-0.1, -0.05) is 30.3 Å². The zero-order chi connectivity index (χ0) is 16.1. The molecule has 0 aromatic heterocycles. The van der Waals surface area contributed by atoms with Crippen molar-refractivity contribution in [3.8, 4) is 11.5 Å². The Bertz CT molecular complexity index is 587. The van der Waals surface area contributed by atoms with Crippen molar-refractivity contribution in [1.29, 1.82) is 0 Å². The zero-order valence-electron chi connectivity index (χ0n) is 13.7. The number of rotatable bonds is 5. The molecule has 1 aliphatic rings. The Morgan fingerprint density at radius 1 is 1.00 bits per heavy atom. The molecule has 0 aliphatic carbocycles. The van der Waals surface area contributed by atoms with E-state index in [1.807, 2.05) is 37.3 Å². The number of nitrogens with zero attached hydrogens (tertiary/aromatic N) is 1. The molecule has 1 heterocycles. The molecule has 0 bridgehead atoms. The van der Waals surface area contributed by atoms with Gasteiger partial charge in [0, 0.05) is 6.54 Å². The minimum atomic E-state index is -0.235. The highest BCUT2D eigenvalue weighted by molar-refractivity contribution is 5.34. The molecule has 23 heavy (non-hydrogen) atoms. The maximum Gasteiger partial charge on any atom is 0.127 e. The van der Waals surface area contributed by atoms with Crippen LogP contribution in [-0.4, -0.2) is 35.7 Å². The molecule has 2 aromatic rings. The second-order valence-electron chi connectivity index (χ2n) is 6.41. The van der Waals surface area contributed by atoms with Crippen molar-refractivity contribution < 1.29 is 9.84 Å². The fraction of sp³-hybridized carbons (Fsp3) is 0.400. The van der Waals surface area contributed by atoms with E-state index >= 15 is 0 Å². The first-order valence-corrected chi connectivity index (χ1v) is 8.44. The highest BCUT2D eigenvalue weighted by atomic mass is 16.5. The van der Waals surface area contributed by atoms with Crippen LogP contribution in [0.3, 0.4) is 0 Å². The number of β-amino-alcohol motifs (C(OH)–C–C–N with tert-alkyl or cyclic N) is 1. The topological polar surface area (TPSA) is 32.7 Å². The van der Waals surface area contributed by atoms with Crippen LogP contribution in [0.25, 0.3) is 0 Å². The highest BCUT2D eigenvalue weighted by Gasteiger charge is 2.21. The van der Waals surface area contributed by atoms with Gasteiger partial charge in [-0.05, 0) is 68.6 Å². The molecule has 1 saturated heterocycles. The summed E-state index contributed by atoms with van der Waals surface area (Å²) >= 11 is 0. The molecule has 0 spiro atoms. The first-order valence-electron chi connectivity index (χ1n) is 8.44. The Balaban J connectivity index is 1.56. The minimum Gasteiger partial charge on any atom is -0.457 e. The molecule has 122 valence electrons. The Hall–Kier alpha value is -1.84. The van der Waals surface area contributed by atoms with Gasteiger partial charge in [-0.3, -0.25) is 0 Å². The number of ether oxygens (including phenoxy) is 1. The Labute approximate surface area is 138 Å². The molecule has 2 aromatic carbocycles. The number of aliphatic hydroxyl groups is 1. The van der Waals surface area contributed by atoms with Crippen LogP contribution in [0.2, 0.25) is 0 Å². The number of para-hydroxylation sites is 1. The lowest BCUT2D eigenvalue weighted by molar-refractivity contribution is 0.109. The van der Waals surface area contributed by atoms with E-state index in [1.54, 1.807) is 0 Å². The fourth-order valence-electron chi connectivity index (χ4n) is 3.26. The maximum atomic E-state index is 9.48. The summed E-state index contributed by atoms with van der Waals surface area (Å²) in [7, 11) is 0. The van der Waals surface area contributed by atoms with E-state index in [-0.39, 0.29) is 6.10 Å². The molecule has 3 heteroatoms. The normalized spacial score (nSPS) is 17.8. The van der Waals surface area contributed by atoms with Gasteiger partial charge in [0.25, 0.3) is 0 Å². The lowest BCUT2D eigenvalue weighted by atomic mass is 9.89. The fourth-order valence-corrected chi connectivity index (χ4v) is 3.26. The van der Waals surface area contributed by atoms with E-state index in [1.165, 1.54) is 5.56 Å². The number of hydrogen-bond acceptors (Lipinski definition) is 3. The average molecular weight is 311 g/mol. The van der Waals surface area contributed by atoms with E-state index in [0.717, 1.165) is 44.0 Å². The van der Waals surface area contributed by atoms with E-state index in [0.29, 0.717) is 5.92 Å². The molecule has 1 N–H and O–H groups in total. The van der Waals surface area contributed by atoms with Gasteiger partial charge in [0.1, 0.15) is 11.5 Å². The molecule has 0 saturated carbocycles. The molecule has 1 atom stereocenters. The van der Waals surface area contributed by atoms with Crippen molar-refractivity contribution in [2.75, 3.05) is 19.6 Å². The van der Waals surface area contributed by atoms with E-state index in [4.69, 9.17) is 4.74 Å². The van der Waals surface area contributed by atoms with Gasteiger partial charge in [0.15, 0.2) is 0 Å². The van der Waals surface area contributed by atoms with Crippen molar-refractivity contribution in [2.24, 2.45) is 0 Å². The number of likely N-dealkylation sites (tertiary alicyclic amines) is 1. The molecule has 1 aliphatic heterocycles. The van der Waals surface area contributed by atoms with Gasteiger partial charge in [0.05, 0.1) is 6.10 Å². The summed E-state index contributed by atoms with van der Waals surface area (Å²) in [5.74, 6) is 2.36. The number of piperidine rings is 1. The molecule has 1 fully saturated rings. The van der Waals surface area contributed by atoms with Gasteiger partial charge < -0.3 is 14.7 Å². The molecule has 0 radical (unpaired) electrons. The molecule has 0 amide bonds. The molecule has 3 rings (SSSR count). The maximum absolute atomic E-state index is 9.48. The predicted molar refractivity (Wildman–Crippen MR) is 93.1 cm³/mol. The van der Waals surface area contributed by atoms with Gasteiger partial charge in [0.2, 0.25) is 0 Å². The lowest BCUT2D eigenvalue weighted by Gasteiger charge is -2.32. The van der Waals surface area contributed by atoms with Crippen molar-refractivity contribution in [1.82, 2.24) is 4.90 Å². The predicted octanol–water partition coefficient (Wildman–Crippen LogP) is 4.04. The second kappa shape index (κ2) is 7.62. The monoisotopic (exact) mass is 311 g/mol. The third-order valence-electron chi connectivity index (χ3n) is 4.44. The summed E-state index contributed by atoms with van der Waals surface area (Å²) < 4.78 is 5.85. The molecular weight excluding hydrogens is 286 g/mol. The zero-order valence-corrected chi connectivity index (χ0v) is 13.7. The van der Waals surface area contributed by atoms with Crippen LogP contribution < -0.4 is 4.74 Å². The van der Waals surface area contributed by atoms with Gasteiger partial charge in [-0.25, -0.2) is 0 Å². The number of aliphatic hydroxyl groups excluding tert-OH is 1. The van der Waals surface area contributed by atoms with E-state index in [9.17, 15) is 5.11 Å². The molecule has 3 nitrogen and oxygen atoms in total. The van der Waals surface area contributed by atoms with Gasteiger partial charge >= 0.3 is 0 Å². The van der Waals surface area contributed by atoms with Crippen molar-refractivity contribution in [3.63, 3.8) is 0 Å². The van der Waals surface area contributed by atoms with E-state index < -0.39 is 0 Å². The summed E-state index contributed by atoms with van der Waals surface area (Å²) in [6, 6.07) is 18.4. The second-order valence-corrected chi connectivity index (χ2v) is 6.41. The third kappa shape index (κ3) is 4.57. The van der Waals surface area contributed by atoms with Crippen LogP contribution in [0.1, 0.15) is 31.2 Å². The van der Waals surface area contributed by atoms with E-state index in [2.05, 4.69) is 29.2 Å².